The fraction of sp³-hybridized carbons (Fsp3) is 0.474. The lowest BCUT2D eigenvalue weighted by atomic mass is 10.1. The summed E-state index contributed by atoms with van der Waals surface area (Å²) in [4.78, 5) is 29.7. The monoisotopic (exact) mass is 354 g/mol. The Morgan fingerprint density at radius 1 is 1.12 bits per heavy atom. The van der Waals surface area contributed by atoms with E-state index in [-0.39, 0.29) is 11.9 Å². The average molecular weight is 354 g/mol. The van der Waals surface area contributed by atoms with Gasteiger partial charge in [-0.05, 0) is 38.8 Å². The van der Waals surface area contributed by atoms with E-state index >= 15 is 0 Å². The molecule has 0 aromatic carbocycles. The van der Waals surface area contributed by atoms with Gasteiger partial charge < -0.3 is 15.5 Å². The molecule has 0 aliphatic carbocycles. The lowest BCUT2D eigenvalue weighted by molar-refractivity contribution is -0.130. The van der Waals surface area contributed by atoms with E-state index in [1.807, 2.05) is 37.2 Å². The molecule has 2 N–H and O–H groups in total. The molecular weight excluding hydrogens is 328 g/mol. The molecule has 0 radical (unpaired) electrons. The summed E-state index contributed by atoms with van der Waals surface area (Å²) in [7, 11) is 0. The van der Waals surface area contributed by atoms with Gasteiger partial charge in [0.1, 0.15) is 0 Å². The van der Waals surface area contributed by atoms with Gasteiger partial charge in [-0.2, -0.15) is 0 Å². The minimum Gasteiger partial charge on any atom is -0.369 e. The zero-order chi connectivity index (χ0) is 18.7. The lowest BCUT2D eigenvalue weighted by Crippen LogP contribution is -2.36. The first-order valence-electron chi connectivity index (χ1n) is 8.98. The number of carbonyl (C=O) groups is 1. The van der Waals surface area contributed by atoms with Gasteiger partial charge in [-0.15, -0.1) is 0 Å². The predicted octanol–water partition coefficient (Wildman–Crippen LogP) is 1.66. The number of pyridine rings is 1. The molecule has 0 atom stereocenters. The maximum atomic E-state index is 12.8. The molecule has 0 bridgehead atoms. The Balaban J connectivity index is 1.68. The number of amides is 1. The molecule has 7 heteroatoms. The van der Waals surface area contributed by atoms with Gasteiger partial charge >= 0.3 is 0 Å². The molecular formula is C19H26N6O. The molecule has 2 aromatic heterocycles. The highest BCUT2D eigenvalue weighted by atomic mass is 16.2. The first-order chi connectivity index (χ1) is 12.5. The molecule has 0 saturated carbocycles. The predicted molar refractivity (Wildman–Crippen MR) is 102 cm³/mol. The highest BCUT2D eigenvalue weighted by Crippen LogP contribution is 2.20. The molecule has 1 aliphatic rings. The maximum absolute atomic E-state index is 12.8. The van der Waals surface area contributed by atoms with E-state index < -0.39 is 0 Å². The number of aromatic nitrogens is 3. The number of aryl methyl sites for hydroxylation is 3. The van der Waals surface area contributed by atoms with Gasteiger partial charge in [-0.25, -0.2) is 9.97 Å². The second-order valence-electron chi connectivity index (χ2n) is 6.79. The molecule has 7 nitrogen and oxygen atoms in total. The van der Waals surface area contributed by atoms with Crippen molar-refractivity contribution >= 4 is 17.5 Å². The van der Waals surface area contributed by atoms with E-state index in [0.29, 0.717) is 13.0 Å². The largest absolute Gasteiger partial charge is 0.369 e. The average Bonchev–Trinajstić information content (AvgIpc) is 2.84. The highest BCUT2D eigenvalue weighted by Gasteiger charge is 2.22. The van der Waals surface area contributed by atoms with Crippen LogP contribution in [0.4, 0.5) is 11.6 Å². The van der Waals surface area contributed by atoms with Crippen LogP contribution in [0.2, 0.25) is 0 Å². The number of rotatable bonds is 3. The summed E-state index contributed by atoms with van der Waals surface area (Å²) in [6.45, 7) is 9.09. The standard InChI is InChI=1S/C19H26N6O/c1-13-12-21-6-5-17(13)24-7-4-8-25(10-9-24)18(26)11-16-14(2)22-19(20)23-15(16)3/h5-6,12H,4,7-11H2,1-3H3,(H2,20,22,23). The van der Waals surface area contributed by atoms with Crippen molar-refractivity contribution in [2.45, 2.75) is 33.6 Å². The van der Waals surface area contributed by atoms with Gasteiger partial charge in [-0.3, -0.25) is 9.78 Å². The van der Waals surface area contributed by atoms with Crippen molar-refractivity contribution < 1.29 is 4.79 Å². The maximum Gasteiger partial charge on any atom is 0.227 e. The summed E-state index contributed by atoms with van der Waals surface area (Å²) < 4.78 is 0. The van der Waals surface area contributed by atoms with Gasteiger partial charge in [0.25, 0.3) is 0 Å². The molecule has 0 spiro atoms. The van der Waals surface area contributed by atoms with Crippen LogP contribution in [0.5, 0.6) is 0 Å². The van der Waals surface area contributed by atoms with Crippen LogP contribution in [-0.2, 0) is 11.2 Å². The van der Waals surface area contributed by atoms with Crippen molar-refractivity contribution in [3.8, 4) is 0 Å². The zero-order valence-electron chi connectivity index (χ0n) is 15.7. The fourth-order valence-electron chi connectivity index (χ4n) is 3.51. The molecule has 1 fully saturated rings. The van der Waals surface area contributed by atoms with Gasteiger partial charge in [0.05, 0.1) is 6.42 Å². The van der Waals surface area contributed by atoms with E-state index in [9.17, 15) is 4.79 Å². The summed E-state index contributed by atoms with van der Waals surface area (Å²) in [6, 6.07) is 2.05. The van der Waals surface area contributed by atoms with E-state index in [1.165, 1.54) is 5.69 Å². The Bertz CT molecular complexity index is 783. The number of nitrogens with zero attached hydrogens (tertiary/aromatic N) is 5. The molecule has 2 aromatic rings. The SMILES string of the molecule is Cc1cnccc1N1CCCN(C(=O)Cc2c(C)nc(N)nc2C)CC1. The van der Waals surface area contributed by atoms with Crippen molar-refractivity contribution in [1.82, 2.24) is 19.9 Å². The second-order valence-corrected chi connectivity index (χ2v) is 6.79. The summed E-state index contributed by atoms with van der Waals surface area (Å²) in [5, 5.41) is 0. The molecule has 1 aliphatic heterocycles. The number of anilines is 2. The van der Waals surface area contributed by atoms with Crippen molar-refractivity contribution in [2.75, 3.05) is 36.8 Å². The Morgan fingerprint density at radius 3 is 2.54 bits per heavy atom. The number of nitrogens with two attached hydrogens (primary N) is 1. The Hall–Kier alpha value is -2.70. The van der Waals surface area contributed by atoms with Crippen LogP contribution < -0.4 is 10.6 Å². The number of hydrogen-bond acceptors (Lipinski definition) is 6. The van der Waals surface area contributed by atoms with E-state index in [0.717, 1.165) is 48.6 Å². The minimum absolute atomic E-state index is 0.123. The number of nitrogen functional groups attached to an aromatic ring is 1. The quantitative estimate of drug-likeness (QED) is 0.902. The van der Waals surface area contributed by atoms with E-state index in [2.05, 4.69) is 26.8 Å². The molecule has 26 heavy (non-hydrogen) atoms. The topological polar surface area (TPSA) is 88.2 Å². The lowest BCUT2D eigenvalue weighted by Gasteiger charge is -2.25. The summed E-state index contributed by atoms with van der Waals surface area (Å²) >= 11 is 0. The van der Waals surface area contributed by atoms with Crippen molar-refractivity contribution in [2.24, 2.45) is 0 Å². The van der Waals surface area contributed by atoms with Gasteiger partial charge in [0.2, 0.25) is 11.9 Å². The molecule has 3 heterocycles. The Morgan fingerprint density at radius 2 is 1.85 bits per heavy atom. The number of hydrogen-bond donors (Lipinski definition) is 1. The van der Waals surface area contributed by atoms with E-state index in [4.69, 9.17) is 5.73 Å². The Labute approximate surface area is 154 Å². The zero-order valence-corrected chi connectivity index (χ0v) is 15.7. The molecule has 3 rings (SSSR count). The second kappa shape index (κ2) is 7.68. The van der Waals surface area contributed by atoms with Crippen LogP contribution in [0.1, 0.15) is 28.9 Å². The van der Waals surface area contributed by atoms with Gasteiger partial charge in [0.15, 0.2) is 0 Å². The highest BCUT2D eigenvalue weighted by molar-refractivity contribution is 5.79. The van der Waals surface area contributed by atoms with Crippen LogP contribution in [0.15, 0.2) is 18.5 Å². The molecule has 1 saturated heterocycles. The normalized spacial score (nSPS) is 15.0. The van der Waals surface area contributed by atoms with E-state index in [1.54, 1.807) is 0 Å². The van der Waals surface area contributed by atoms with Gasteiger partial charge in [0, 0.05) is 61.2 Å². The van der Waals surface area contributed by atoms with Crippen LogP contribution in [0.3, 0.4) is 0 Å². The summed E-state index contributed by atoms with van der Waals surface area (Å²) in [6.07, 6.45) is 4.98. The van der Waals surface area contributed by atoms with Crippen molar-refractivity contribution in [1.29, 1.82) is 0 Å². The third kappa shape index (κ3) is 3.92. The van der Waals surface area contributed by atoms with Crippen molar-refractivity contribution in [3.63, 3.8) is 0 Å². The summed E-state index contributed by atoms with van der Waals surface area (Å²) in [5.74, 6) is 0.382. The minimum atomic E-state index is 0.123. The summed E-state index contributed by atoms with van der Waals surface area (Å²) in [5.41, 5.74) is 10.5. The van der Waals surface area contributed by atoms with Crippen LogP contribution in [0, 0.1) is 20.8 Å². The van der Waals surface area contributed by atoms with Crippen LogP contribution in [0.25, 0.3) is 0 Å². The third-order valence-electron chi connectivity index (χ3n) is 4.95. The van der Waals surface area contributed by atoms with Gasteiger partial charge in [-0.1, -0.05) is 0 Å². The number of carbonyl (C=O) groups excluding carboxylic acids is 1. The smallest absolute Gasteiger partial charge is 0.227 e. The first-order valence-corrected chi connectivity index (χ1v) is 8.98. The molecule has 0 unspecified atom stereocenters. The molecule has 1 amide bonds. The fourth-order valence-corrected chi connectivity index (χ4v) is 3.51. The van der Waals surface area contributed by atoms with Crippen LogP contribution in [-0.4, -0.2) is 51.9 Å². The third-order valence-corrected chi connectivity index (χ3v) is 4.95. The molecule has 138 valence electrons. The first kappa shape index (κ1) is 18.1. The van der Waals surface area contributed by atoms with Crippen molar-refractivity contribution in [3.05, 3.63) is 41.0 Å². The van der Waals surface area contributed by atoms with Crippen LogP contribution >= 0.6 is 0 Å². The Kier molecular flexibility index (Phi) is 5.35.